The number of para-hydroxylation sites is 1. The van der Waals surface area contributed by atoms with E-state index in [-0.39, 0.29) is 5.56 Å². The van der Waals surface area contributed by atoms with Gasteiger partial charge in [0, 0.05) is 17.8 Å². The molecular weight excluding hydrogens is 342 g/mol. The number of methoxy groups -OCH3 is 2. The van der Waals surface area contributed by atoms with Crippen molar-refractivity contribution in [2.75, 3.05) is 19.1 Å². The fourth-order valence-electron chi connectivity index (χ4n) is 3.75. The largest absolute Gasteiger partial charge is 0.493 e. The van der Waals surface area contributed by atoms with Crippen LogP contribution in [0.3, 0.4) is 0 Å². The Morgan fingerprint density at radius 3 is 2.70 bits per heavy atom. The third-order valence-corrected chi connectivity index (χ3v) is 5.24. The number of hydrogen-bond donors (Lipinski definition) is 1. The Balaban J connectivity index is 1.76. The van der Waals surface area contributed by atoms with E-state index in [1.807, 2.05) is 0 Å². The van der Waals surface area contributed by atoms with Crippen LogP contribution in [0.25, 0.3) is 10.9 Å². The molecule has 0 fully saturated rings. The molecule has 1 unspecified atom stereocenters. The molecule has 3 aromatic rings. The van der Waals surface area contributed by atoms with Crippen LogP contribution in [0, 0.1) is 0 Å². The molecule has 1 aliphatic heterocycles. The molecule has 0 saturated carbocycles. The summed E-state index contributed by atoms with van der Waals surface area (Å²) in [5, 5.41) is 0.489. The number of aromatic amines is 1. The monoisotopic (exact) mass is 365 g/mol. The van der Waals surface area contributed by atoms with E-state index in [0.717, 1.165) is 12.8 Å². The highest BCUT2D eigenvalue weighted by atomic mass is 16.5. The van der Waals surface area contributed by atoms with Crippen molar-refractivity contribution >= 4 is 16.6 Å². The average Bonchev–Trinajstić information content (AvgIpc) is 2.69. The highest BCUT2D eigenvalue weighted by Gasteiger charge is 2.23. The minimum Gasteiger partial charge on any atom is -0.493 e. The maximum atomic E-state index is 12.6. The van der Waals surface area contributed by atoms with Gasteiger partial charge in [-0.2, -0.15) is 0 Å². The minimum absolute atomic E-state index is 0.172. The second-order valence-electron chi connectivity index (χ2n) is 6.88. The molecule has 6 heteroatoms. The maximum Gasteiger partial charge on any atom is 0.258 e. The van der Waals surface area contributed by atoms with E-state index < -0.39 is 0 Å². The predicted octanol–water partition coefficient (Wildman–Crippen LogP) is 3.28. The number of fused-ring (bicyclic) bond motifs is 2. The first-order chi connectivity index (χ1) is 13.1. The summed E-state index contributed by atoms with van der Waals surface area (Å²) in [4.78, 5) is 22.6. The quantitative estimate of drug-likeness (QED) is 0.768. The number of nitrogens with zero attached hydrogens (tertiary/aromatic N) is 2. The first-order valence-corrected chi connectivity index (χ1v) is 9.10. The van der Waals surface area contributed by atoms with Crippen molar-refractivity contribution < 1.29 is 9.47 Å². The molecule has 0 saturated heterocycles. The number of ether oxygens (including phenoxy) is 2. The van der Waals surface area contributed by atoms with Crippen LogP contribution < -0.4 is 19.9 Å². The zero-order valence-corrected chi connectivity index (χ0v) is 15.8. The highest BCUT2D eigenvalue weighted by Crippen LogP contribution is 2.32. The molecule has 0 radical (unpaired) electrons. The highest BCUT2D eigenvalue weighted by molar-refractivity contribution is 5.81. The molecular formula is C21H23N3O3. The Bertz CT molecular complexity index is 1040. The molecule has 140 valence electrons. The van der Waals surface area contributed by atoms with Gasteiger partial charge in [-0.05, 0) is 37.5 Å². The molecule has 2 heterocycles. The summed E-state index contributed by atoms with van der Waals surface area (Å²) in [5.74, 6) is 1.72. The summed E-state index contributed by atoms with van der Waals surface area (Å²) in [6.45, 7) is 2.76. The Morgan fingerprint density at radius 1 is 1.19 bits per heavy atom. The van der Waals surface area contributed by atoms with E-state index >= 15 is 0 Å². The van der Waals surface area contributed by atoms with Crippen LogP contribution in [0.4, 0.5) is 5.69 Å². The van der Waals surface area contributed by atoms with Gasteiger partial charge >= 0.3 is 0 Å². The maximum absolute atomic E-state index is 12.6. The lowest BCUT2D eigenvalue weighted by atomic mass is 9.96. The van der Waals surface area contributed by atoms with Crippen LogP contribution in [-0.4, -0.2) is 30.2 Å². The number of rotatable bonds is 4. The van der Waals surface area contributed by atoms with E-state index in [2.05, 4.69) is 46.1 Å². The van der Waals surface area contributed by atoms with Gasteiger partial charge in [-0.15, -0.1) is 0 Å². The van der Waals surface area contributed by atoms with Crippen molar-refractivity contribution in [3.05, 3.63) is 58.1 Å². The molecule has 0 amide bonds. The van der Waals surface area contributed by atoms with Crippen LogP contribution in [0.1, 0.15) is 24.7 Å². The van der Waals surface area contributed by atoms with Gasteiger partial charge in [0.2, 0.25) is 0 Å². The predicted molar refractivity (Wildman–Crippen MR) is 106 cm³/mol. The SMILES string of the molecule is COc1cc2nc(CN3c4ccccc4CCC3C)[nH]c(=O)c2cc1OC. The average molecular weight is 365 g/mol. The van der Waals surface area contributed by atoms with Crippen molar-refractivity contribution in [3.63, 3.8) is 0 Å². The summed E-state index contributed by atoms with van der Waals surface area (Å²) in [6.07, 6.45) is 2.16. The summed E-state index contributed by atoms with van der Waals surface area (Å²) in [7, 11) is 3.12. The van der Waals surface area contributed by atoms with Crippen molar-refractivity contribution in [1.29, 1.82) is 0 Å². The molecule has 2 aromatic carbocycles. The molecule has 0 bridgehead atoms. The summed E-state index contributed by atoms with van der Waals surface area (Å²) in [6, 6.07) is 12.2. The molecule has 1 atom stereocenters. The normalized spacial score (nSPS) is 16.3. The van der Waals surface area contributed by atoms with Gasteiger partial charge in [-0.1, -0.05) is 18.2 Å². The molecule has 4 rings (SSSR count). The van der Waals surface area contributed by atoms with Gasteiger partial charge in [-0.25, -0.2) is 4.98 Å². The molecule has 1 N–H and O–H groups in total. The van der Waals surface area contributed by atoms with Crippen LogP contribution in [0.15, 0.2) is 41.2 Å². The zero-order valence-electron chi connectivity index (χ0n) is 15.8. The number of benzene rings is 2. The van der Waals surface area contributed by atoms with Crippen molar-refractivity contribution in [2.24, 2.45) is 0 Å². The lowest BCUT2D eigenvalue weighted by Crippen LogP contribution is -2.37. The standard InChI is InChI=1S/C21H23N3O3/c1-13-8-9-14-6-4-5-7-17(14)24(13)12-20-22-16-11-19(27-3)18(26-2)10-15(16)21(25)23-20/h4-7,10-11,13H,8-9,12H2,1-3H3,(H,22,23,25). The molecule has 1 aliphatic rings. The van der Waals surface area contributed by atoms with Gasteiger partial charge in [0.15, 0.2) is 11.5 Å². The topological polar surface area (TPSA) is 67.5 Å². The van der Waals surface area contributed by atoms with E-state index in [0.29, 0.717) is 40.8 Å². The fourth-order valence-corrected chi connectivity index (χ4v) is 3.75. The van der Waals surface area contributed by atoms with Crippen LogP contribution in [0.5, 0.6) is 11.5 Å². The molecule has 0 spiro atoms. The first kappa shape index (κ1) is 17.4. The third-order valence-electron chi connectivity index (χ3n) is 5.24. The van der Waals surface area contributed by atoms with E-state index in [9.17, 15) is 4.79 Å². The minimum atomic E-state index is -0.172. The smallest absolute Gasteiger partial charge is 0.258 e. The van der Waals surface area contributed by atoms with Crippen LogP contribution in [0.2, 0.25) is 0 Å². The van der Waals surface area contributed by atoms with Crippen LogP contribution >= 0.6 is 0 Å². The van der Waals surface area contributed by atoms with E-state index in [4.69, 9.17) is 9.47 Å². The lowest BCUT2D eigenvalue weighted by molar-refractivity contribution is 0.355. The van der Waals surface area contributed by atoms with E-state index in [1.54, 1.807) is 26.4 Å². The Labute approximate surface area is 157 Å². The van der Waals surface area contributed by atoms with Crippen LogP contribution in [-0.2, 0) is 13.0 Å². The fraction of sp³-hybridized carbons (Fsp3) is 0.333. The lowest BCUT2D eigenvalue weighted by Gasteiger charge is -2.36. The summed E-state index contributed by atoms with van der Waals surface area (Å²) < 4.78 is 10.6. The number of hydrogen-bond acceptors (Lipinski definition) is 5. The number of aryl methyl sites for hydroxylation is 1. The van der Waals surface area contributed by atoms with Gasteiger partial charge in [0.05, 0.1) is 31.7 Å². The second-order valence-corrected chi connectivity index (χ2v) is 6.88. The number of anilines is 1. The molecule has 0 aliphatic carbocycles. The summed E-state index contributed by atoms with van der Waals surface area (Å²) >= 11 is 0. The molecule has 1 aromatic heterocycles. The Hall–Kier alpha value is -3.02. The Kier molecular flexibility index (Phi) is 4.48. The molecule has 6 nitrogen and oxygen atoms in total. The number of H-pyrrole nitrogens is 1. The molecule has 27 heavy (non-hydrogen) atoms. The first-order valence-electron chi connectivity index (χ1n) is 9.10. The van der Waals surface area contributed by atoms with E-state index in [1.165, 1.54) is 11.3 Å². The van der Waals surface area contributed by atoms with Gasteiger partial charge in [-0.3, -0.25) is 4.79 Å². The second kappa shape index (κ2) is 6.95. The van der Waals surface area contributed by atoms with Gasteiger partial charge in [0.1, 0.15) is 5.82 Å². The number of aromatic nitrogens is 2. The van der Waals surface area contributed by atoms with Gasteiger partial charge in [0.25, 0.3) is 5.56 Å². The van der Waals surface area contributed by atoms with Crippen molar-refractivity contribution in [3.8, 4) is 11.5 Å². The van der Waals surface area contributed by atoms with Gasteiger partial charge < -0.3 is 19.4 Å². The zero-order chi connectivity index (χ0) is 19.0. The summed E-state index contributed by atoms with van der Waals surface area (Å²) in [5.41, 5.74) is 2.98. The Morgan fingerprint density at radius 2 is 1.93 bits per heavy atom. The number of nitrogens with one attached hydrogen (secondary N) is 1. The van der Waals surface area contributed by atoms with Crippen molar-refractivity contribution in [2.45, 2.75) is 32.4 Å². The third kappa shape index (κ3) is 3.12. The van der Waals surface area contributed by atoms with Crippen molar-refractivity contribution in [1.82, 2.24) is 9.97 Å².